The number of benzene rings is 1. The number of aromatic amines is 1. The lowest BCUT2D eigenvalue weighted by Crippen LogP contribution is -1.89. The van der Waals surface area contributed by atoms with Gasteiger partial charge in [-0.25, -0.2) is 9.97 Å². The number of pyridine rings is 3. The standard InChI is InChI=1S/C42H28N6O/c1-26-8-10-27(11-9-26)41-35-16-14-33(47-35)39(28-5-2-20-43-23-28)31-12-13-32(46-31)40(29-6-3-21-44-24-29)34-15-17-36(48-34)42(30-7-4-22-45-25-30)38-19-18-37(41)49-38/h2-25,46H,1H3. The summed E-state index contributed by atoms with van der Waals surface area (Å²) >= 11 is 0. The van der Waals surface area contributed by atoms with Crippen LogP contribution in [0.2, 0.25) is 0 Å². The van der Waals surface area contributed by atoms with E-state index in [1.54, 1.807) is 18.6 Å². The normalized spacial score (nSPS) is 12.0. The van der Waals surface area contributed by atoms with Gasteiger partial charge in [-0.2, -0.15) is 0 Å². The Balaban J connectivity index is 1.48. The van der Waals surface area contributed by atoms with Crippen molar-refractivity contribution in [3.8, 4) is 44.5 Å². The summed E-state index contributed by atoms with van der Waals surface area (Å²) in [6.07, 6.45) is 19.1. The molecule has 0 saturated carbocycles. The minimum absolute atomic E-state index is 0.684. The van der Waals surface area contributed by atoms with Gasteiger partial charge in [0.25, 0.3) is 0 Å². The molecule has 1 N–H and O–H groups in total. The lowest BCUT2D eigenvalue weighted by molar-refractivity contribution is 0.667. The van der Waals surface area contributed by atoms with Gasteiger partial charge in [-0.05, 0) is 79.3 Å². The van der Waals surface area contributed by atoms with Crippen LogP contribution in [0.5, 0.6) is 0 Å². The van der Waals surface area contributed by atoms with Gasteiger partial charge in [0.05, 0.1) is 33.9 Å². The molecule has 1 aromatic carbocycles. The molecule has 0 atom stereocenters. The summed E-state index contributed by atoms with van der Waals surface area (Å²) in [6, 6.07) is 28.7. The van der Waals surface area contributed by atoms with E-state index in [4.69, 9.17) is 14.4 Å². The van der Waals surface area contributed by atoms with Crippen molar-refractivity contribution < 1.29 is 4.42 Å². The van der Waals surface area contributed by atoms with Crippen LogP contribution < -0.4 is 0 Å². The third-order valence-corrected chi connectivity index (χ3v) is 8.82. The molecule has 49 heavy (non-hydrogen) atoms. The minimum atomic E-state index is 0.684. The molecule has 0 amide bonds. The molecule has 7 aromatic rings. The van der Waals surface area contributed by atoms with Crippen LogP contribution in [0.1, 0.15) is 28.3 Å². The number of nitrogens with one attached hydrogen (secondary N) is 1. The maximum atomic E-state index is 6.81. The summed E-state index contributed by atoms with van der Waals surface area (Å²) in [4.78, 5) is 27.6. The highest BCUT2D eigenvalue weighted by Gasteiger charge is 2.19. The Morgan fingerprint density at radius 1 is 0.449 bits per heavy atom. The zero-order valence-corrected chi connectivity index (χ0v) is 26.5. The molecule has 0 saturated heterocycles. The maximum Gasteiger partial charge on any atom is 0.137 e. The van der Waals surface area contributed by atoms with Crippen LogP contribution in [-0.4, -0.2) is 29.9 Å². The highest BCUT2D eigenvalue weighted by molar-refractivity contribution is 5.98. The first-order valence-electron chi connectivity index (χ1n) is 16.0. The summed E-state index contributed by atoms with van der Waals surface area (Å²) in [6.45, 7) is 2.09. The topological polar surface area (TPSA) is 93.4 Å². The number of H-pyrrole nitrogens is 1. The van der Waals surface area contributed by atoms with Crippen LogP contribution in [0, 0.1) is 6.92 Å². The van der Waals surface area contributed by atoms with Gasteiger partial charge in [0, 0.05) is 76.0 Å². The molecular formula is C42H28N6O. The molecule has 2 aliphatic rings. The average molecular weight is 633 g/mol. The maximum absolute atomic E-state index is 6.81. The molecule has 0 fully saturated rings. The van der Waals surface area contributed by atoms with E-state index in [-0.39, 0.29) is 0 Å². The SMILES string of the molecule is Cc1ccc(-c2c3nc(c(-c4cccnc4)c4ccc([nH]4)c(-c4cccnc4)c4nc(c(-c5cccnc5)c5ccc2o5)C=C4)C=C3)cc1. The van der Waals surface area contributed by atoms with Gasteiger partial charge >= 0.3 is 0 Å². The lowest BCUT2D eigenvalue weighted by Gasteiger charge is -2.06. The fourth-order valence-electron chi connectivity index (χ4n) is 6.54. The molecule has 2 aliphatic heterocycles. The number of hydrogen-bond donors (Lipinski definition) is 1. The number of aromatic nitrogens is 6. The van der Waals surface area contributed by atoms with E-state index in [9.17, 15) is 0 Å². The summed E-state index contributed by atoms with van der Waals surface area (Å²) in [5.41, 5.74) is 15.0. The van der Waals surface area contributed by atoms with Crippen LogP contribution in [0.4, 0.5) is 0 Å². The number of furan rings is 1. The Bertz CT molecular complexity index is 2550. The molecule has 7 nitrogen and oxygen atoms in total. The third-order valence-electron chi connectivity index (χ3n) is 8.82. The van der Waals surface area contributed by atoms with Crippen molar-refractivity contribution in [3.05, 3.63) is 150 Å². The van der Waals surface area contributed by atoms with Gasteiger partial charge in [-0.3, -0.25) is 15.0 Å². The van der Waals surface area contributed by atoms with E-state index in [0.717, 1.165) is 78.3 Å². The monoisotopic (exact) mass is 632 g/mol. The second kappa shape index (κ2) is 11.8. The lowest BCUT2D eigenvalue weighted by atomic mass is 10.0. The number of aryl methyl sites for hydroxylation is 1. The Labute approximate surface area is 282 Å². The van der Waals surface area contributed by atoms with Crippen LogP contribution in [0.15, 0.2) is 127 Å². The highest BCUT2D eigenvalue weighted by Crippen LogP contribution is 2.39. The Morgan fingerprint density at radius 3 is 1.33 bits per heavy atom. The molecular weight excluding hydrogens is 605 g/mol. The predicted octanol–water partition coefficient (Wildman–Crippen LogP) is 10.1. The molecule has 8 heterocycles. The molecule has 0 aliphatic carbocycles. The number of rotatable bonds is 4. The second-order valence-electron chi connectivity index (χ2n) is 12.0. The van der Waals surface area contributed by atoms with Crippen molar-refractivity contribution >= 4 is 46.5 Å². The van der Waals surface area contributed by atoms with E-state index in [2.05, 4.69) is 93.6 Å². The van der Waals surface area contributed by atoms with Crippen molar-refractivity contribution in [2.45, 2.75) is 6.92 Å². The second-order valence-corrected chi connectivity index (χ2v) is 12.0. The van der Waals surface area contributed by atoms with Gasteiger partial charge in [-0.1, -0.05) is 48.0 Å². The van der Waals surface area contributed by atoms with Crippen LogP contribution in [-0.2, 0) is 0 Å². The summed E-state index contributed by atoms with van der Waals surface area (Å²) < 4.78 is 6.81. The molecule has 0 radical (unpaired) electrons. The molecule has 0 spiro atoms. The Kier molecular flexibility index (Phi) is 6.87. The van der Waals surface area contributed by atoms with Gasteiger partial charge in [0.2, 0.25) is 0 Å². The van der Waals surface area contributed by atoms with E-state index in [1.165, 1.54) is 5.56 Å². The van der Waals surface area contributed by atoms with Crippen LogP contribution >= 0.6 is 0 Å². The van der Waals surface area contributed by atoms with Crippen LogP contribution in [0.3, 0.4) is 0 Å². The van der Waals surface area contributed by atoms with Crippen molar-refractivity contribution in [1.82, 2.24) is 29.9 Å². The number of nitrogens with zero attached hydrogens (tertiary/aromatic N) is 5. The van der Waals surface area contributed by atoms with E-state index in [1.807, 2.05) is 61.1 Å². The molecule has 8 bridgehead atoms. The van der Waals surface area contributed by atoms with Gasteiger partial charge in [0.15, 0.2) is 0 Å². The highest BCUT2D eigenvalue weighted by atomic mass is 16.3. The Morgan fingerprint density at radius 2 is 0.878 bits per heavy atom. The molecule has 232 valence electrons. The van der Waals surface area contributed by atoms with E-state index < -0.39 is 0 Å². The fourth-order valence-corrected chi connectivity index (χ4v) is 6.54. The zero-order valence-electron chi connectivity index (χ0n) is 26.5. The van der Waals surface area contributed by atoms with E-state index >= 15 is 0 Å². The van der Waals surface area contributed by atoms with Gasteiger partial charge in [-0.15, -0.1) is 0 Å². The van der Waals surface area contributed by atoms with Crippen molar-refractivity contribution in [2.75, 3.05) is 0 Å². The quantitative estimate of drug-likeness (QED) is 0.208. The van der Waals surface area contributed by atoms with Gasteiger partial charge in [0.1, 0.15) is 11.2 Å². The summed E-state index contributed by atoms with van der Waals surface area (Å²) in [5, 5.41) is 0. The minimum Gasteiger partial charge on any atom is -0.456 e. The molecule has 6 aromatic heterocycles. The van der Waals surface area contributed by atoms with Crippen molar-refractivity contribution in [1.29, 1.82) is 0 Å². The Hall–Kier alpha value is -6.73. The number of hydrogen-bond acceptors (Lipinski definition) is 6. The first-order valence-corrected chi connectivity index (χ1v) is 16.0. The van der Waals surface area contributed by atoms with Gasteiger partial charge < -0.3 is 9.40 Å². The zero-order chi connectivity index (χ0) is 32.7. The summed E-state index contributed by atoms with van der Waals surface area (Å²) in [5.74, 6) is 0. The third kappa shape index (κ3) is 5.14. The molecule has 9 rings (SSSR count). The number of fused-ring (bicyclic) bond motifs is 8. The van der Waals surface area contributed by atoms with Crippen molar-refractivity contribution in [2.24, 2.45) is 0 Å². The molecule has 0 unspecified atom stereocenters. The van der Waals surface area contributed by atoms with E-state index in [0.29, 0.717) is 11.2 Å². The molecule has 7 heteroatoms. The fraction of sp³-hybridized carbons (Fsp3) is 0.0238. The largest absolute Gasteiger partial charge is 0.456 e. The van der Waals surface area contributed by atoms with Crippen LogP contribution in [0.25, 0.3) is 91.0 Å². The van der Waals surface area contributed by atoms with Crippen molar-refractivity contribution in [3.63, 3.8) is 0 Å². The predicted molar refractivity (Wildman–Crippen MR) is 197 cm³/mol. The first kappa shape index (κ1) is 28.5. The summed E-state index contributed by atoms with van der Waals surface area (Å²) in [7, 11) is 0. The average Bonchev–Trinajstić information content (AvgIpc) is 3.98. The smallest absolute Gasteiger partial charge is 0.137 e. The first-order chi connectivity index (χ1) is 24.2.